The van der Waals surface area contributed by atoms with Crippen LogP contribution in [0.5, 0.6) is 11.5 Å². The van der Waals surface area contributed by atoms with Crippen molar-refractivity contribution in [2.75, 3.05) is 5.32 Å². The number of benzene rings is 2. The Morgan fingerprint density at radius 3 is 2.46 bits per heavy atom. The predicted octanol–water partition coefficient (Wildman–Crippen LogP) is 3.59. The topological polar surface area (TPSA) is 82.3 Å². The van der Waals surface area contributed by atoms with Crippen LogP contribution in [0.1, 0.15) is 31.2 Å². The number of para-hydroxylation sites is 1. The number of aliphatic hydroxyl groups is 1. The van der Waals surface area contributed by atoms with Crippen molar-refractivity contribution in [1.29, 1.82) is 5.26 Å². The maximum absolute atomic E-state index is 12.2. The van der Waals surface area contributed by atoms with Crippen LogP contribution in [0.2, 0.25) is 0 Å². The Morgan fingerprint density at radius 1 is 1.12 bits per heavy atom. The molecule has 24 heavy (non-hydrogen) atoms. The fraction of sp³-hybridized carbons (Fsp3) is 0.263. The minimum absolute atomic E-state index is 0.358. The molecule has 2 aromatic carbocycles. The second kappa shape index (κ2) is 6.73. The number of carbonyl (C=O) groups excluding carboxylic acids is 1. The summed E-state index contributed by atoms with van der Waals surface area (Å²) in [5, 5.41) is 22.1. The number of hydrogen-bond donors (Lipinski definition) is 2. The zero-order chi connectivity index (χ0) is 17.0. The average molecular weight is 322 g/mol. The highest BCUT2D eigenvalue weighted by molar-refractivity contribution is 5.97. The maximum Gasteiger partial charge on any atom is 0.256 e. The second-order valence-electron chi connectivity index (χ2n) is 5.93. The molecule has 2 aromatic rings. The van der Waals surface area contributed by atoms with Gasteiger partial charge in [-0.05, 0) is 62.1 Å². The smallest absolute Gasteiger partial charge is 0.256 e. The molecule has 0 bridgehead atoms. The van der Waals surface area contributed by atoms with Crippen LogP contribution >= 0.6 is 0 Å². The zero-order valence-corrected chi connectivity index (χ0v) is 13.2. The molecule has 1 aliphatic rings. The van der Waals surface area contributed by atoms with E-state index in [2.05, 4.69) is 11.4 Å². The monoisotopic (exact) mass is 322 g/mol. The van der Waals surface area contributed by atoms with Crippen molar-refractivity contribution < 1.29 is 14.6 Å². The Labute approximate surface area is 140 Å². The molecule has 1 fully saturated rings. The van der Waals surface area contributed by atoms with E-state index in [1.165, 1.54) is 0 Å². The molecule has 0 saturated heterocycles. The van der Waals surface area contributed by atoms with E-state index in [0.29, 0.717) is 35.6 Å². The molecule has 3 rings (SSSR count). The molecule has 1 aliphatic carbocycles. The highest BCUT2D eigenvalue weighted by atomic mass is 16.5. The molecule has 0 spiro atoms. The van der Waals surface area contributed by atoms with Crippen molar-refractivity contribution in [2.24, 2.45) is 0 Å². The first-order valence-corrected chi connectivity index (χ1v) is 7.92. The molecule has 0 radical (unpaired) electrons. The molecule has 0 atom stereocenters. The number of ether oxygens (including phenoxy) is 1. The number of anilines is 1. The summed E-state index contributed by atoms with van der Waals surface area (Å²) in [5.74, 6) is 0.691. The van der Waals surface area contributed by atoms with E-state index in [4.69, 9.17) is 10.00 Å². The summed E-state index contributed by atoms with van der Waals surface area (Å²) in [4.78, 5) is 12.2. The van der Waals surface area contributed by atoms with Gasteiger partial charge in [0.25, 0.3) is 5.91 Å². The normalized spacial score (nSPS) is 15.5. The lowest BCUT2D eigenvalue weighted by atomic mass is 10.0. The van der Waals surface area contributed by atoms with E-state index in [0.717, 1.165) is 12.8 Å². The van der Waals surface area contributed by atoms with Gasteiger partial charge in [0.15, 0.2) is 0 Å². The van der Waals surface area contributed by atoms with Gasteiger partial charge < -0.3 is 15.2 Å². The Morgan fingerprint density at radius 2 is 1.79 bits per heavy atom. The number of amides is 1. The Hall–Kier alpha value is -2.84. The standard InChI is InChI=1S/C19H18N2O3/c20-13-14-5-1-2-6-17(14)24-16-9-7-15(8-10-16)21-18(22)19(23)11-3-4-12-19/h1-2,5-10,23H,3-4,11-12H2,(H,21,22). The lowest BCUT2D eigenvalue weighted by Crippen LogP contribution is -2.40. The van der Waals surface area contributed by atoms with Gasteiger partial charge in [-0.3, -0.25) is 4.79 Å². The van der Waals surface area contributed by atoms with Gasteiger partial charge in [-0.25, -0.2) is 0 Å². The van der Waals surface area contributed by atoms with Crippen LogP contribution in [-0.4, -0.2) is 16.6 Å². The minimum Gasteiger partial charge on any atom is -0.456 e. The van der Waals surface area contributed by atoms with Gasteiger partial charge in [0.05, 0.1) is 5.56 Å². The minimum atomic E-state index is -1.25. The van der Waals surface area contributed by atoms with E-state index < -0.39 is 5.60 Å². The van der Waals surface area contributed by atoms with E-state index in [9.17, 15) is 9.90 Å². The predicted molar refractivity (Wildman–Crippen MR) is 89.7 cm³/mol. The first-order valence-electron chi connectivity index (χ1n) is 7.92. The summed E-state index contributed by atoms with van der Waals surface area (Å²) < 4.78 is 5.70. The highest BCUT2D eigenvalue weighted by Crippen LogP contribution is 2.31. The van der Waals surface area contributed by atoms with Gasteiger partial charge in [0.1, 0.15) is 23.2 Å². The molecule has 2 N–H and O–H groups in total. The Kier molecular flexibility index (Phi) is 4.50. The van der Waals surface area contributed by atoms with Crippen molar-refractivity contribution in [1.82, 2.24) is 0 Å². The number of carbonyl (C=O) groups is 1. The zero-order valence-electron chi connectivity index (χ0n) is 13.2. The molecule has 1 amide bonds. The van der Waals surface area contributed by atoms with Crippen molar-refractivity contribution in [2.45, 2.75) is 31.3 Å². The van der Waals surface area contributed by atoms with Gasteiger partial charge in [-0.2, -0.15) is 5.26 Å². The van der Waals surface area contributed by atoms with Gasteiger partial charge >= 0.3 is 0 Å². The molecule has 0 unspecified atom stereocenters. The highest BCUT2D eigenvalue weighted by Gasteiger charge is 2.38. The molecule has 0 aromatic heterocycles. The van der Waals surface area contributed by atoms with Crippen LogP contribution < -0.4 is 10.1 Å². The molecule has 5 nitrogen and oxygen atoms in total. The molecule has 0 aliphatic heterocycles. The van der Waals surface area contributed by atoms with Crippen LogP contribution in [0.15, 0.2) is 48.5 Å². The van der Waals surface area contributed by atoms with Crippen LogP contribution in [0, 0.1) is 11.3 Å². The van der Waals surface area contributed by atoms with E-state index in [-0.39, 0.29) is 5.91 Å². The fourth-order valence-corrected chi connectivity index (χ4v) is 2.82. The fourth-order valence-electron chi connectivity index (χ4n) is 2.82. The number of nitrogens with zero attached hydrogens (tertiary/aromatic N) is 1. The van der Waals surface area contributed by atoms with Gasteiger partial charge in [0.2, 0.25) is 0 Å². The SMILES string of the molecule is N#Cc1ccccc1Oc1ccc(NC(=O)C2(O)CCCC2)cc1. The molecular formula is C19H18N2O3. The first kappa shape index (κ1) is 16.0. The van der Waals surface area contributed by atoms with Crippen molar-refractivity contribution in [3.05, 3.63) is 54.1 Å². The van der Waals surface area contributed by atoms with E-state index >= 15 is 0 Å². The second-order valence-corrected chi connectivity index (χ2v) is 5.93. The van der Waals surface area contributed by atoms with Crippen LogP contribution in [0.4, 0.5) is 5.69 Å². The first-order chi connectivity index (χ1) is 11.6. The third-order valence-electron chi connectivity index (χ3n) is 4.20. The Balaban J connectivity index is 1.67. The molecule has 0 heterocycles. The van der Waals surface area contributed by atoms with Gasteiger partial charge in [-0.15, -0.1) is 0 Å². The maximum atomic E-state index is 12.2. The quantitative estimate of drug-likeness (QED) is 0.901. The summed E-state index contributed by atoms with van der Waals surface area (Å²) in [6.45, 7) is 0. The van der Waals surface area contributed by atoms with Crippen LogP contribution in [0.3, 0.4) is 0 Å². The molecule has 5 heteroatoms. The van der Waals surface area contributed by atoms with Gasteiger partial charge in [0, 0.05) is 5.69 Å². The molecule has 1 saturated carbocycles. The van der Waals surface area contributed by atoms with Gasteiger partial charge in [-0.1, -0.05) is 12.1 Å². The number of nitrogens with one attached hydrogen (secondary N) is 1. The number of nitriles is 1. The summed E-state index contributed by atoms with van der Waals surface area (Å²) in [7, 11) is 0. The summed E-state index contributed by atoms with van der Waals surface area (Å²) in [5.41, 5.74) is -0.194. The summed E-state index contributed by atoms with van der Waals surface area (Å²) in [6, 6.07) is 15.9. The number of hydrogen-bond acceptors (Lipinski definition) is 4. The van der Waals surface area contributed by atoms with Crippen LogP contribution in [0.25, 0.3) is 0 Å². The lowest BCUT2D eigenvalue weighted by Gasteiger charge is -2.21. The van der Waals surface area contributed by atoms with E-state index in [1.807, 2.05) is 0 Å². The lowest BCUT2D eigenvalue weighted by molar-refractivity contribution is -0.133. The summed E-state index contributed by atoms with van der Waals surface area (Å²) in [6.07, 6.45) is 2.75. The molecular weight excluding hydrogens is 304 g/mol. The van der Waals surface area contributed by atoms with Crippen LogP contribution in [-0.2, 0) is 4.79 Å². The summed E-state index contributed by atoms with van der Waals surface area (Å²) >= 11 is 0. The van der Waals surface area contributed by atoms with Crippen molar-refractivity contribution >= 4 is 11.6 Å². The third-order valence-corrected chi connectivity index (χ3v) is 4.20. The van der Waals surface area contributed by atoms with Crippen molar-refractivity contribution in [3.8, 4) is 17.6 Å². The van der Waals surface area contributed by atoms with Crippen molar-refractivity contribution in [3.63, 3.8) is 0 Å². The number of rotatable bonds is 4. The Bertz CT molecular complexity index is 772. The largest absolute Gasteiger partial charge is 0.456 e. The molecule has 122 valence electrons. The average Bonchev–Trinajstić information content (AvgIpc) is 3.05. The third kappa shape index (κ3) is 3.39. The van der Waals surface area contributed by atoms with E-state index in [1.54, 1.807) is 48.5 Å².